The molecule has 2 aliphatic rings. The predicted molar refractivity (Wildman–Crippen MR) is 70.5 cm³/mol. The van der Waals surface area contributed by atoms with E-state index in [-0.39, 0.29) is 11.3 Å². The molecule has 2 fully saturated rings. The van der Waals surface area contributed by atoms with Crippen LogP contribution in [-0.4, -0.2) is 48.0 Å². The lowest BCUT2D eigenvalue weighted by molar-refractivity contribution is -0.193. The van der Waals surface area contributed by atoms with Gasteiger partial charge in [0.15, 0.2) is 5.79 Å². The van der Waals surface area contributed by atoms with Crippen LogP contribution in [0, 0.1) is 0 Å². The van der Waals surface area contributed by atoms with Gasteiger partial charge in [-0.15, -0.1) is 0 Å². The molecule has 104 valence electrons. The predicted octanol–water partition coefficient (Wildman–Crippen LogP) is 1.55. The first-order chi connectivity index (χ1) is 9.17. The van der Waals surface area contributed by atoms with Crippen LogP contribution < -0.4 is 0 Å². The van der Waals surface area contributed by atoms with Gasteiger partial charge in [0, 0.05) is 25.2 Å². The summed E-state index contributed by atoms with van der Waals surface area (Å²) < 4.78 is 11.6. The molecule has 1 saturated heterocycles. The minimum Gasteiger partial charge on any atom is -0.348 e. The highest BCUT2D eigenvalue weighted by Crippen LogP contribution is 2.46. The van der Waals surface area contributed by atoms with E-state index in [2.05, 4.69) is 29.0 Å². The second-order valence-corrected chi connectivity index (χ2v) is 5.62. The average molecular weight is 263 g/mol. The van der Waals surface area contributed by atoms with Crippen LogP contribution in [0.15, 0.2) is 18.6 Å². The lowest BCUT2D eigenvalue weighted by atomic mass is 9.75. The Hall–Kier alpha value is -1.04. The van der Waals surface area contributed by atoms with Gasteiger partial charge in [0.1, 0.15) is 0 Å². The van der Waals surface area contributed by atoms with E-state index >= 15 is 0 Å². The molecule has 0 aromatic carbocycles. The number of hydrogen-bond donors (Lipinski definition) is 0. The maximum Gasteiger partial charge on any atom is 0.168 e. The van der Waals surface area contributed by atoms with Crippen molar-refractivity contribution in [3.05, 3.63) is 24.3 Å². The van der Waals surface area contributed by atoms with E-state index in [4.69, 9.17) is 9.47 Å². The maximum absolute atomic E-state index is 5.81. The number of rotatable bonds is 2. The number of hydrogen-bond acceptors (Lipinski definition) is 5. The Kier molecular flexibility index (Phi) is 3.28. The van der Waals surface area contributed by atoms with Gasteiger partial charge in [-0.05, 0) is 26.9 Å². The Balaban J connectivity index is 1.85. The highest BCUT2D eigenvalue weighted by Gasteiger charge is 2.48. The summed E-state index contributed by atoms with van der Waals surface area (Å²) in [6.45, 7) is 1.44. The fraction of sp³-hybridized carbons (Fsp3) is 0.714. The van der Waals surface area contributed by atoms with Crippen molar-refractivity contribution < 1.29 is 9.47 Å². The van der Waals surface area contributed by atoms with Gasteiger partial charge < -0.3 is 9.47 Å². The lowest BCUT2D eigenvalue weighted by Gasteiger charge is -2.46. The molecule has 0 unspecified atom stereocenters. The number of nitrogens with zero attached hydrogens (tertiary/aromatic N) is 3. The summed E-state index contributed by atoms with van der Waals surface area (Å²) in [6.07, 6.45) is 9.18. The maximum atomic E-state index is 5.81. The van der Waals surface area contributed by atoms with Gasteiger partial charge in [0.25, 0.3) is 0 Å². The van der Waals surface area contributed by atoms with Crippen molar-refractivity contribution >= 4 is 0 Å². The summed E-state index contributed by atoms with van der Waals surface area (Å²) >= 11 is 0. The first-order valence-corrected chi connectivity index (χ1v) is 6.89. The molecule has 1 aromatic rings. The molecule has 1 aromatic heterocycles. The minimum atomic E-state index is -0.332. The second-order valence-electron chi connectivity index (χ2n) is 5.62. The van der Waals surface area contributed by atoms with Gasteiger partial charge in [0.2, 0.25) is 0 Å². The van der Waals surface area contributed by atoms with Gasteiger partial charge in [-0.1, -0.05) is 0 Å². The zero-order valence-corrected chi connectivity index (χ0v) is 11.6. The Morgan fingerprint density at radius 2 is 1.74 bits per heavy atom. The smallest absolute Gasteiger partial charge is 0.168 e. The van der Waals surface area contributed by atoms with Gasteiger partial charge in [0.05, 0.1) is 30.6 Å². The molecule has 1 saturated carbocycles. The Morgan fingerprint density at radius 3 is 2.26 bits per heavy atom. The standard InChI is InChI=1S/C14H21N3O2/c1-17(2)13(12-11-15-7-8-16-12)3-5-14(6-4-13)18-9-10-19-14/h7-8,11H,3-6,9-10H2,1-2H3. The fourth-order valence-electron chi connectivity index (χ4n) is 3.30. The van der Waals surface area contributed by atoms with Crippen LogP contribution >= 0.6 is 0 Å². The molecule has 19 heavy (non-hydrogen) atoms. The molecular weight excluding hydrogens is 242 g/mol. The van der Waals surface area contributed by atoms with Crippen LogP contribution in [0.5, 0.6) is 0 Å². The lowest BCUT2D eigenvalue weighted by Crippen LogP contribution is -2.49. The molecule has 2 heterocycles. The van der Waals surface area contributed by atoms with E-state index in [1.165, 1.54) is 0 Å². The third kappa shape index (κ3) is 2.16. The number of ether oxygens (including phenoxy) is 2. The third-order valence-corrected chi connectivity index (χ3v) is 4.55. The van der Waals surface area contributed by atoms with Gasteiger partial charge in [-0.3, -0.25) is 14.9 Å². The molecule has 0 amide bonds. The highest BCUT2D eigenvalue weighted by atomic mass is 16.7. The summed E-state index contributed by atoms with van der Waals surface area (Å²) in [7, 11) is 4.23. The van der Waals surface area contributed by atoms with E-state index < -0.39 is 0 Å². The van der Waals surface area contributed by atoms with E-state index in [1.807, 2.05) is 6.20 Å². The Labute approximate surface area is 113 Å². The molecule has 0 bridgehead atoms. The van der Waals surface area contributed by atoms with E-state index in [1.54, 1.807) is 12.4 Å². The summed E-state index contributed by atoms with van der Waals surface area (Å²) in [5.74, 6) is -0.332. The third-order valence-electron chi connectivity index (χ3n) is 4.55. The topological polar surface area (TPSA) is 47.5 Å². The zero-order valence-electron chi connectivity index (χ0n) is 11.6. The van der Waals surface area contributed by atoms with Gasteiger partial charge >= 0.3 is 0 Å². The molecule has 5 nitrogen and oxygen atoms in total. The van der Waals surface area contributed by atoms with Crippen molar-refractivity contribution in [2.24, 2.45) is 0 Å². The van der Waals surface area contributed by atoms with Crippen molar-refractivity contribution in [1.82, 2.24) is 14.9 Å². The van der Waals surface area contributed by atoms with Crippen molar-refractivity contribution in [3.63, 3.8) is 0 Å². The Bertz CT molecular complexity index is 420. The van der Waals surface area contributed by atoms with Crippen LogP contribution in [0.1, 0.15) is 31.4 Å². The van der Waals surface area contributed by atoms with Gasteiger partial charge in [-0.2, -0.15) is 0 Å². The van der Waals surface area contributed by atoms with Gasteiger partial charge in [-0.25, -0.2) is 0 Å². The molecule has 1 spiro atoms. The fourth-order valence-corrected chi connectivity index (χ4v) is 3.30. The summed E-state index contributed by atoms with van der Waals surface area (Å²) in [4.78, 5) is 11.0. The SMILES string of the molecule is CN(C)C1(c2cnccn2)CCC2(CC1)OCCO2. The minimum absolute atomic E-state index is 0.0468. The molecule has 1 aliphatic carbocycles. The molecule has 1 aliphatic heterocycles. The molecule has 5 heteroatoms. The summed E-state index contributed by atoms with van der Waals surface area (Å²) in [6, 6.07) is 0. The Morgan fingerprint density at radius 1 is 1.05 bits per heavy atom. The normalized spacial score (nSPS) is 25.0. The van der Waals surface area contributed by atoms with Crippen LogP contribution in [0.2, 0.25) is 0 Å². The molecule has 0 N–H and O–H groups in total. The molecular formula is C14H21N3O2. The van der Waals surface area contributed by atoms with Crippen molar-refractivity contribution in [1.29, 1.82) is 0 Å². The second kappa shape index (κ2) is 4.81. The van der Waals surface area contributed by atoms with E-state index in [0.717, 1.165) is 44.6 Å². The largest absolute Gasteiger partial charge is 0.348 e. The first-order valence-electron chi connectivity index (χ1n) is 6.89. The molecule has 0 radical (unpaired) electrons. The average Bonchev–Trinajstić information content (AvgIpc) is 2.89. The van der Waals surface area contributed by atoms with Crippen LogP contribution in [0.25, 0.3) is 0 Å². The quantitative estimate of drug-likeness (QED) is 0.810. The zero-order chi connectivity index (χ0) is 13.3. The van der Waals surface area contributed by atoms with Crippen LogP contribution in [0.4, 0.5) is 0 Å². The van der Waals surface area contributed by atoms with Crippen molar-refractivity contribution in [3.8, 4) is 0 Å². The summed E-state index contributed by atoms with van der Waals surface area (Å²) in [5, 5.41) is 0. The van der Waals surface area contributed by atoms with Crippen molar-refractivity contribution in [2.45, 2.75) is 37.0 Å². The van der Waals surface area contributed by atoms with E-state index in [9.17, 15) is 0 Å². The number of aromatic nitrogens is 2. The highest BCUT2D eigenvalue weighted by molar-refractivity contribution is 5.14. The van der Waals surface area contributed by atoms with E-state index in [0.29, 0.717) is 0 Å². The molecule has 3 rings (SSSR count). The van der Waals surface area contributed by atoms with Crippen molar-refractivity contribution in [2.75, 3.05) is 27.3 Å². The summed E-state index contributed by atoms with van der Waals surface area (Å²) in [5.41, 5.74) is 1.00. The van der Waals surface area contributed by atoms with Crippen LogP contribution in [0.3, 0.4) is 0 Å². The molecule has 0 atom stereocenters. The monoisotopic (exact) mass is 263 g/mol. The first kappa shape index (κ1) is 13.0. The van der Waals surface area contributed by atoms with Crippen LogP contribution in [-0.2, 0) is 15.0 Å².